The monoisotopic (exact) mass is 184 g/mol. The van der Waals surface area contributed by atoms with Gasteiger partial charge in [0.15, 0.2) is 0 Å². The van der Waals surface area contributed by atoms with E-state index in [4.69, 9.17) is 5.73 Å². The third kappa shape index (κ3) is 5.42. The van der Waals surface area contributed by atoms with E-state index in [9.17, 15) is 4.79 Å². The Hall–Kier alpha value is -0.830. The first-order valence-corrected chi connectivity index (χ1v) is 4.73. The van der Waals surface area contributed by atoms with Gasteiger partial charge in [-0.05, 0) is 26.3 Å². The second-order valence-corrected chi connectivity index (χ2v) is 3.41. The summed E-state index contributed by atoms with van der Waals surface area (Å²) in [5, 5.41) is 2.90. The van der Waals surface area contributed by atoms with Crippen molar-refractivity contribution in [3.8, 4) is 0 Å². The molecule has 3 N–H and O–H groups in total. The van der Waals surface area contributed by atoms with Gasteiger partial charge in [-0.1, -0.05) is 13.0 Å². The lowest BCUT2D eigenvalue weighted by atomic mass is 10.1. The predicted octanol–water partition coefficient (Wildman–Crippen LogP) is 1.05. The van der Waals surface area contributed by atoms with E-state index >= 15 is 0 Å². The standard InChI is InChI=1S/C10H20N2O/c1-4-5-9(3)12-10(13)8(2)6-7-11/h4,8-9H,1,5-7,11H2,2-3H3,(H,12,13). The van der Waals surface area contributed by atoms with Crippen LogP contribution < -0.4 is 11.1 Å². The Kier molecular flexibility index (Phi) is 6.24. The molecule has 3 heteroatoms. The van der Waals surface area contributed by atoms with Gasteiger partial charge in [-0.15, -0.1) is 6.58 Å². The molecule has 3 nitrogen and oxygen atoms in total. The zero-order chi connectivity index (χ0) is 10.3. The van der Waals surface area contributed by atoms with E-state index in [0.29, 0.717) is 6.54 Å². The van der Waals surface area contributed by atoms with Gasteiger partial charge in [-0.3, -0.25) is 4.79 Å². The van der Waals surface area contributed by atoms with E-state index in [-0.39, 0.29) is 17.9 Å². The number of rotatable bonds is 6. The normalized spacial score (nSPS) is 14.7. The second kappa shape index (κ2) is 6.66. The van der Waals surface area contributed by atoms with Crippen molar-refractivity contribution in [1.29, 1.82) is 0 Å². The lowest BCUT2D eigenvalue weighted by Crippen LogP contribution is -2.36. The fourth-order valence-corrected chi connectivity index (χ4v) is 1.08. The van der Waals surface area contributed by atoms with E-state index in [1.54, 1.807) is 6.08 Å². The Bertz CT molecular complexity index is 168. The lowest BCUT2D eigenvalue weighted by Gasteiger charge is -2.15. The van der Waals surface area contributed by atoms with E-state index in [1.165, 1.54) is 0 Å². The summed E-state index contributed by atoms with van der Waals surface area (Å²) in [6, 6.07) is 0.172. The van der Waals surface area contributed by atoms with Crippen molar-refractivity contribution in [2.24, 2.45) is 11.7 Å². The number of hydrogen-bond donors (Lipinski definition) is 2. The second-order valence-electron chi connectivity index (χ2n) is 3.41. The van der Waals surface area contributed by atoms with Gasteiger partial charge in [0.1, 0.15) is 0 Å². The van der Waals surface area contributed by atoms with Crippen molar-refractivity contribution in [3.63, 3.8) is 0 Å². The van der Waals surface area contributed by atoms with Crippen LogP contribution >= 0.6 is 0 Å². The molecule has 0 aliphatic rings. The molecule has 0 saturated carbocycles. The fraction of sp³-hybridized carbons (Fsp3) is 0.700. The summed E-state index contributed by atoms with van der Waals surface area (Å²) < 4.78 is 0. The van der Waals surface area contributed by atoms with Crippen molar-refractivity contribution in [2.75, 3.05) is 6.54 Å². The third-order valence-electron chi connectivity index (χ3n) is 1.96. The van der Waals surface area contributed by atoms with Crippen LogP contribution in [0.4, 0.5) is 0 Å². The average Bonchev–Trinajstić information content (AvgIpc) is 2.05. The quantitative estimate of drug-likeness (QED) is 0.606. The van der Waals surface area contributed by atoms with Crippen LogP contribution in [0.3, 0.4) is 0 Å². The van der Waals surface area contributed by atoms with Gasteiger partial charge in [-0.2, -0.15) is 0 Å². The highest BCUT2D eigenvalue weighted by molar-refractivity contribution is 5.78. The SMILES string of the molecule is C=CCC(C)NC(=O)C(C)CCN. The van der Waals surface area contributed by atoms with Crippen LogP contribution in [0.5, 0.6) is 0 Å². The fourth-order valence-electron chi connectivity index (χ4n) is 1.08. The Labute approximate surface area is 80.4 Å². The molecule has 0 rings (SSSR count). The first kappa shape index (κ1) is 12.2. The highest BCUT2D eigenvalue weighted by atomic mass is 16.1. The Balaban J connectivity index is 3.77. The third-order valence-corrected chi connectivity index (χ3v) is 1.96. The van der Waals surface area contributed by atoms with Crippen molar-refractivity contribution in [1.82, 2.24) is 5.32 Å². The number of carbonyl (C=O) groups excluding carboxylic acids is 1. The van der Waals surface area contributed by atoms with E-state index in [0.717, 1.165) is 12.8 Å². The van der Waals surface area contributed by atoms with Crippen molar-refractivity contribution in [2.45, 2.75) is 32.7 Å². The first-order chi connectivity index (χ1) is 6.11. The minimum atomic E-state index is 0.0114. The molecule has 2 unspecified atom stereocenters. The average molecular weight is 184 g/mol. The summed E-state index contributed by atoms with van der Waals surface area (Å²) in [5.41, 5.74) is 5.36. The summed E-state index contributed by atoms with van der Waals surface area (Å²) in [6.07, 6.45) is 3.35. The van der Waals surface area contributed by atoms with E-state index < -0.39 is 0 Å². The number of amides is 1. The van der Waals surface area contributed by atoms with Crippen molar-refractivity contribution < 1.29 is 4.79 Å². The zero-order valence-electron chi connectivity index (χ0n) is 8.55. The molecule has 2 atom stereocenters. The first-order valence-electron chi connectivity index (χ1n) is 4.73. The van der Waals surface area contributed by atoms with Gasteiger partial charge in [0.2, 0.25) is 5.91 Å². The molecule has 13 heavy (non-hydrogen) atoms. The molecule has 0 aromatic carbocycles. The van der Waals surface area contributed by atoms with Gasteiger partial charge in [-0.25, -0.2) is 0 Å². The summed E-state index contributed by atoms with van der Waals surface area (Å²) in [7, 11) is 0. The van der Waals surface area contributed by atoms with Gasteiger partial charge < -0.3 is 11.1 Å². The van der Waals surface area contributed by atoms with Gasteiger partial charge in [0.25, 0.3) is 0 Å². The van der Waals surface area contributed by atoms with Crippen LogP contribution in [0.25, 0.3) is 0 Å². The number of nitrogens with two attached hydrogens (primary N) is 1. The van der Waals surface area contributed by atoms with Crippen molar-refractivity contribution >= 4 is 5.91 Å². The maximum Gasteiger partial charge on any atom is 0.223 e. The van der Waals surface area contributed by atoms with Crippen LogP contribution in [-0.4, -0.2) is 18.5 Å². The van der Waals surface area contributed by atoms with Crippen LogP contribution in [0, 0.1) is 5.92 Å². The molecule has 0 saturated heterocycles. The van der Waals surface area contributed by atoms with Crippen LogP contribution in [0.15, 0.2) is 12.7 Å². The van der Waals surface area contributed by atoms with Gasteiger partial charge in [0, 0.05) is 12.0 Å². The highest BCUT2D eigenvalue weighted by Gasteiger charge is 2.13. The van der Waals surface area contributed by atoms with Crippen LogP contribution in [-0.2, 0) is 4.79 Å². The lowest BCUT2D eigenvalue weighted by molar-refractivity contribution is -0.125. The largest absolute Gasteiger partial charge is 0.353 e. The summed E-state index contributed by atoms with van der Waals surface area (Å²) in [6.45, 7) is 8.04. The summed E-state index contributed by atoms with van der Waals surface area (Å²) >= 11 is 0. The molecule has 0 aliphatic heterocycles. The topological polar surface area (TPSA) is 55.1 Å². The van der Waals surface area contributed by atoms with E-state index in [1.807, 2.05) is 13.8 Å². The van der Waals surface area contributed by atoms with Crippen LogP contribution in [0.2, 0.25) is 0 Å². The molecule has 0 fully saturated rings. The molecule has 0 aromatic rings. The molecule has 0 heterocycles. The zero-order valence-corrected chi connectivity index (χ0v) is 8.55. The molecule has 0 aromatic heterocycles. The van der Waals surface area contributed by atoms with Gasteiger partial charge >= 0.3 is 0 Å². The van der Waals surface area contributed by atoms with E-state index in [2.05, 4.69) is 11.9 Å². The molecular weight excluding hydrogens is 164 g/mol. The minimum Gasteiger partial charge on any atom is -0.353 e. The molecular formula is C10H20N2O. The minimum absolute atomic E-state index is 0.0114. The molecule has 0 bridgehead atoms. The molecule has 0 aliphatic carbocycles. The summed E-state index contributed by atoms with van der Waals surface area (Å²) in [5.74, 6) is 0.0945. The molecule has 1 amide bonds. The van der Waals surface area contributed by atoms with Crippen molar-refractivity contribution in [3.05, 3.63) is 12.7 Å². The molecule has 0 radical (unpaired) electrons. The Morgan fingerprint density at radius 1 is 1.62 bits per heavy atom. The Morgan fingerprint density at radius 3 is 2.69 bits per heavy atom. The molecule has 76 valence electrons. The summed E-state index contributed by atoms with van der Waals surface area (Å²) in [4.78, 5) is 11.4. The number of nitrogens with one attached hydrogen (secondary N) is 1. The number of carbonyl (C=O) groups is 1. The smallest absolute Gasteiger partial charge is 0.223 e. The van der Waals surface area contributed by atoms with Crippen LogP contribution in [0.1, 0.15) is 26.7 Å². The van der Waals surface area contributed by atoms with Gasteiger partial charge in [0.05, 0.1) is 0 Å². The number of hydrogen-bond acceptors (Lipinski definition) is 2. The molecule has 0 spiro atoms. The highest BCUT2D eigenvalue weighted by Crippen LogP contribution is 2.01. The Morgan fingerprint density at radius 2 is 2.23 bits per heavy atom. The predicted molar refractivity (Wildman–Crippen MR) is 55.3 cm³/mol. The maximum absolute atomic E-state index is 11.4. The maximum atomic E-state index is 11.4.